The SMILES string of the molecule is CCOC(=O)c1[nH]c(C)c(C(=O)COC(=O)c2cnn(Cc3ccccc3Cl)c2)c1C. The lowest BCUT2D eigenvalue weighted by molar-refractivity contribution is 0.0473. The zero-order chi connectivity index (χ0) is 22.5. The largest absolute Gasteiger partial charge is 0.461 e. The van der Waals surface area contributed by atoms with Crippen LogP contribution in [0.15, 0.2) is 36.7 Å². The number of H-pyrrole nitrogens is 1. The third-order valence-corrected chi connectivity index (χ3v) is 5.06. The molecule has 8 nitrogen and oxygen atoms in total. The van der Waals surface area contributed by atoms with E-state index in [1.165, 1.54) is 12.4 Å². The Bertz CT molecular complexity index is 1130. The Morgan fingerprint density at radius 1 is 1.13 bits per heavy atom. The van der Waals surface area contributed by atoms with Crippen molar-refractivity contribution in [3.05, 3.63) is 75.3 Å². The fourth-order valence-corrected chi connectivity index (χ4v) is 3.41. The number of hydrogen-bond donors (Lipinski definition) is 1. The second-order valence-corrected chi connectivity index (χ2v) is 7.27. The summed E-state index contributed by atoms with van der Waals surface area (Å²) in [7, 11) is 0. The number of ether oxygens (including phenoxy) is 2. The standard InChI is InChI=1S/C22H22ClN3O5/c1-4-30-22(29)20-13(2)19(14(3)25-20)18(27)12-31-21(28)16-9-24-26(11-16)10-15-7-5-6-8-17(15)23/h5-9,11,25H,4,10,12H2,1-3H3. The van der Waals surface area contributed by atoms with Crippen LogP contribution >= 0.6 is 11.6 Å². The number of hydrogen-bond acceptors (Lipinski definition) is 6. The number of nitrogens with one attached hydrogen (secondary N) is 1. The molecule has 2 heterocycles. The molecule has 0 fully saturated rings. The Balaban J connectivity index is 1.64. The van der Waals surface area contributed by atoms with Gasteiger partial charge in [-0.3, -0.25) is 9.48 Å². The van der Waals surface area contributed by atoms with E-state index < -0.39 is 24.3 Å². The Morgan fingerprint density at radius 2 is 1.87 bits per heavy atom. The molecule has 0 atom stereocenters. The second-order valence-electron chi connectivity index (χ2n) is 6.86. The number of aryl methyl sites for hydroxylation is 1. The number of esters is 2. The minimum Gasteiger partial charge on any atom is -0.461 e. The smallest absolute Gasteiger partial charge is 0.355 e. The highest BCUT2D eigenvalue weighted by molar-refractivity contribution is 6.31. The molecule has 3 aromatic rings. The lowest BCUT2D eigenvalue weighted by Gasteiger charge is -2.05. The Kier molecular flexibility index (Phi) is 6.91. The molecule has 3 rings (SSSR count). The van der Waals surface area contributed by atoms with Gasteiger partial charge in [-0.15, -0.1) is 0 Å². The van der Waals surface area contributed by atoms with Gasteiger partial charge in [0.15, 0.2) is 6.61 Å². The van der Waals surface area contributed by atoms with Crippen molar-refractivity contribution in [2.75, 3.05) is 13.2 Å². The Morgan fingerprint density at radius 3 is 2.58 bits per heavy atom. The molecule has 1 N–H and O–H groups in total. The molecule has 0 radical (unpaired) electrons. The summed E-state index contributed by atoms with van der Waals surface area (Å²) in [5, 5.41) is 4.75. The first kappa shape index (κ1) is 22.3. The van der Waals surface area contributed by atoms with Gasteiger partial charge >= 0.3 is 11.9 Å². The van der Waals surface area contributed by atoms with Gasteiger partial charge in [0.1, 0.15) is 5.69 Å². The van der Waals surface area contributed by atoms with Crippen molar-refractivity contribution >= 4 is 29.3 Å². The highest BCUT2D eigenvalue weighted by Crippen LogP contribution is 2.20. The van der Waals surface area contributed by atoms with E-state index in [9.17, 15) is 14.4 Å². The van der Waals surface area contributed by atoms with Crippen molar-refractivity contribution in [1.82, 2.24) is 14.8 Å². The molecule has 0 saturated carbocycles. The topological polar surface area (TPSA) is 103 Å². The van der Waals surface area contributed by atoms with Crippen molar-refractivity contribution in [3.8, 4) is 0 Å². The van der Waals surface area contributed by atoms with Crippen LogP contribution in [-0.2, 0) is 16.0 Å². The monoisotopic (exact) mass is 443 g/mol. The number of ketones is 1. The molecular weight excluding hydrogens is 422 g/mol. The maximum absolute atomic E-state index is 12.6. The van der Waals surface area contributed by atoms with Crippen LogP contribution < -0.4 is 0 Å². The van der Waals surface area contributed by atoms with Crippen LogP contribution in [0.3, 0.4) is 0 Å². The molecule has 1 aromatic carbocycles. The molecule has 0 saturated heterocycles. The van der Waals surface area contributed by atoms with Crippen LogP contribution in [-0.4, -0.2) is 45.7 Å². The molecule has 0 aliphatic carbocycles. The third kappa shape index (κ3) is 5.03. The van der Waals surface area contributed by atoms with Gasteiger partial charge in [-0.25, -0.2) is 9.59 Å². The summed E-state index contributed by atoms with van der Waals surface area (Å²) >= 11 is 6.15. The maximum atomic E-state index is 12.6. The van der Waals surface area contributed by atoms with Gasteiger partial charge in [0.05, 0.1) is 24.9 Å². The Labute approximate surface area is 184 Å². The quantitative estimate of drug-likeness (QED) is 0.420. The zero-order valence-electron chi connectivity index (χ0n) is 17.4. The maximum Gasteiger partial charge on any atom is 0.355 e. The van der Waals surface area contributed by atoms with Gasteiger partial charge in [-0.1, -0.05) is 29.8 Å². The summed E-state index contributed by atoms with van der Waals surface area (Å²) in [5.41, 5.74) is 2.58. The van der Waals surface area contributed by atoms with Gasteiger partial charge in [0.25, 0.3) is 0 Å². The van der Waals surface area contributed by atoms with Gasteiger partial charge < -0.3 is 14.5 Å². The van der Waals surface area contributed by atoms with Crippen LogP contribution in [0.1, 0.15) is 54.9 Å². The molecule has 0 unspecified atom stereocenters. The molecule has 162 valence electrons. The molecule has 2 aromatic heterocycles. The van der Waals surface area contributed by atoms with Gasteiger partial charge in [0, 0.05) is 22.5 Å². The van der Waals surface area contributed by atoms with E-state index in [0.29, 0.717) is 28.4 Å². The lowest BCUT2D eigenvalue weighted by Crippen LogP contribution is -2.15. The zero-order valence-corrected chi connectivity index (χ0v) is 18.2. The number of benzene rings is 1. The molecule has 0 spiro atoms. The Hall–Kier alpha value is -3.39. The van der Waals surface area contributed by atoms with Gasteiger partial charge in [-0.05, 0) is 38.0 Å². The summed E-state index contributed by atoms with van der Waals surface area (Å²) in [6.45, 7) is 5.17. The molecular formula is C22H22ClN3O5. The molecule has 0 bridgehead atoms. The summed E-state index contributed by atoms with van der Waals surface area (Å²) in [5.74, 6) is -1.63. The third-order valence-electron chi connectivity index (χ3n) is 4.69. The van der Waals surface area contributed by atoms with Crippen molar-refractivity contribution < 1.29 is 23.9 Å². The first-order valence-corrected chi connectivity index (χ1v) is 10.0. The van der Waals surface area contributed by atoms with E-state index in [-0.39, 0.29) is 17.9 Å². The fraction of sp³-hybridized carbons (Fsp3) is 0.273. The minimum atomic E-state index is -0.671. The number of nitrogens with zero attached hydrogens (tertiary/aromatic N) is 2. The van der Waals surface area contributed by atoms with Crippen LogP contribution in [0.4, 0.5) is 0 Å². The van der Waals surface area contributed by atoms with Crippen molar-refractivity contribution in [3.63, 3.8) is 0 Å². The molecule has 0 aliphatic rings. The number of carbonyl (C=O) groups is 3. The average Bonchev–Trinajstić information content (AvgIpc) is 3.32. The predicted octanol–water partition coefficient (Wildman–Crippen LogP) is 3.75. The summed E-state index contributed by atoms with van der Waals surface area (Å²) in [6.07, 6.45) is 2.90. The second kappa shape index (κ2) is 9.61. The lowest BCUT2D eigenvalue weighted by atomic mass is 10.1. The number of aromatic nitrogens is 3. The fourth-order valence-electron chi connectivity index (χ4n) is 3.22. The van der Waals surface area contributed by atoms with E-state index in [2.05, 4.69) is 10.1 Å². The average molecular weight is 444 g/mol. The van der Waals surface area contributed by atoms with Crippen molar-refractivity contribution in [2.24, 2.45) is 0 Å². The van der Waals surface area contributed by atoms with E-state index in [1.54, 1.807) is 31.5 Å². The van der Waals surface area contributed by atoms with E-state index in [1.807, 2.05) is 18.2 Å². The van der Waals surface area contributed by atoms with Crippen LogP contribution in [0.25, 0.3) is 0 Å². The highest BCUT2D eigenvalue weighted by Gasteiger charge is 2.24. The predicted molar refractivity (Wildman–Crippen MR) is 114 cm³/mol. The van der Waals surface area contributed by atoms with Gasteiger partial charge in [-0.2, -0.15) is 5.10 Å². The number of halogens is 1. The summed E-state index contributed by atoms with van der Waals surface area (Å²) in [6, 6.07) is 7.34. The minimum absolute atomic E-state index is 0.217. The molecule has 0 amide bonds. The van der Waals surface area contributed by atoms with Crippen molar-refractivity contribution in [1.29, 1.82) is 0 Å². The highest BCUT2D eigenvalue weighted by atomic mass is 35.5. The normalized spacial score (nSPS) is 10.7. The van der Waals surface area contributed by atoms with E-state index >= 15 is 0 Å². The first-order valence-electron chi connectivity index (χ1n) is 9.64. The van der Waals surface area contributed by atoms with Crippen molar-refractivity contribution in [2.45, 2.75) is 27.3 Å². The van der Waals surface area contributed by atoms with E-state index in [4.69, 9.17) is 21.1 Å². The van der Waals surface area contributed by atoms with Crippen LogP contribution in [0.5, 0.6) is 0 Å². The number of carbonyl (C=O) groups excluding carboxylic acids is 3. The molecule has 9 heteroatoms. The number of aromatic amines is 1. The first-order chi connectivity index (χ1) is 14.8. The van der Waals surface area contributed by atoms with Gasteiger partial charge in [0.2, 0.25) is 5.78 Å². The summed E-state index contributed by atoms with van der Waals surface area (Å²) in [4.78, 5) is 39.8. The van der Waals surface area contributed by atoms with E-state index in [0.717, 1.165) is 5.56 Å². The van der Waals surface area contributed by atoms with Crippen LogP contribution in [0, 0.1) is 13.8 Å². The molecule has 0 aliphatic heterocycles. The van der Waals surface area contributed by atoms with Crippen LogP contribution in [0.2, 0.25) is 5.02 Å². The number of rotatable bonds is 8. The molecule has 31 heavy (non-hydrogen) atoms. The number of Topliss-reactive ketones (excluding diaryl/α,β-unsaturated/α-hetero) is 1. The summed E-state index contributed by atoms with van der Waals surface area (Å²) < 4.78 is 11.7.